The number of esters is 1. The molecule has 0 aliphatic heterocycles. The SMILES string of the molecule is COC(=O)C(CC(C)C)NCc1cccc(O)c1. The van der Waals surface area contributed by atoms with E-state index in [0.29, 0.717) is 12.5 Å². The highest BCUT2D eigenvalue weighted by molar-refractivity contribution is 5.75. The van der Waals surface area contributed by atoms with E-state index in [-0.39, 0.29) is 17.8 Å². The molecule has 1 rings (SSSR count). The highest BCUT2D eigenvalue weighted by Gasteiger charge is 2.19. The molecule has 1 unspecified atom stereocenters. The van der Waals surface area contributed by atoms with Crippen molar-refractivity contribution in [1.82, 2.24) is 5.32 Å². The summed E-state index contributed by atoms with van der Waals surface area (Å²) in [4.78, 5) is 11.6. The molecule has 0 heterocycles. The molecule has 0 aliphatic carbocycles. The lowest BCUT2D eigenvalue weighted by Crippen LogP contribution is -2.38. The van der Waals surface area contributed by atoms with E-state index < -0.39 is 0 Å². The summed E-state index contributed by atoms with van der Waals surface area (Å²) in [6.07, 6.45) is 0.728. The van der Waals surface area contributed by atoms with Crippen molar-refractivity contribution in [2.45, 2.75) is 32.9 Å². The van der Waals surface area contributed by atoms with Gasteiger partial charge in [0.1, 0.15) is 11.8 Å². The molecule has 4 nitrogen and oxygen atoms in total. The van der Waals surface area contributed by atoms with Gasteiger partial charge in [0.2, 0.25) is 0 Å². The molecule has 1 aromatic carbocycles. The topological polar surface area (TPSA) is 58.6 Å². The number of aromatic hydroxyl groups is 1. The van der Waals surface area contributed by atoms with Crippen LogP contribution in [-0.2, 0) is 16.1 Å². The Morgan fingerprint density at radius 3 is 2.72 bits per heavy atom. The lowest BCUT2D eigenvalue weighted by molar-refractivity contribution is -0.143. The number of rotatable bonds is 6. The molecular formula is C14H21NO3. The monoisotopic (exact) mass is 251 g/mol. The normalized spacial score (nSPS) is 12.4. The number of phenolic OH excluding ortho intramolecular Hbond substituents is 1. The third-order valence-corrected chi connectivity index (χ3v) is 2.66. The zero-order chi connectivity index (χ0) is 13.5. The van der Waals surface area contributed by atoms with Gasteiger partial charge in [0.25, 0.3) is 0 Å². The highest BCUT2D eigenvalue weighted by Crippen LogP contribution is 2.12. The Kier molecular flexibility index (Phi) is 5.65. The number of carbonyl (C=O) groups is 1. The van der Waals surface area contributed by atoms with Crippen LogP contribution in [-0.4, -0.2) is 24.2 Å². The zero-order valence-electron chi connectivity index (χ0n) is 11.1. The van der Waals surface area contributed by atoms with Gasteiger partial charge in [0.05, 0.1) is 7.11 Å². The van der Waals surface area contributed by atoms with E-state index >= 15 is 0 Å². The summed E-state index contributed by atoms with van der Waals surface area (Å²) in [6.45, 7) is 4.65. The lowest BCUT2D eigenvalue weighted by atomic mass is 10.0. The Labute approximate surface area is 108 Å². The quantitative estimate of drug-likeness (QED) is 0.760. The molecule has 0 spiro atoms. The molecule has 18 heavy (non-hydrogen) atoms. The first-order valence-electron chi connectivity index (χ1n) is 6.12. The van der Waals surface area contributed by atoms with Crippen molar-refractivity contribution in [1.29, 1.82) is 0 Å². The molecule has 1 atom stereocenters. The van der Waals surface area contributed by atoms with E-state index in [0.717, 1.165) is 12.0 Å². The summed E-state index contributed by atoms with van der Waals surface area (Å²) in [5.74, 6) is 0.391. The summed E-state index contributed by atoms with van der Waals surface area (Å²) in [7, 11) is 1.39. The molecule has 2 N–H and O–H groups in total. The molecule has 0 amide bonds. The number of ether oxygens (including phenoxy) is 1. The van der Waals surface area contributed by atoms with Crippen LogP contribution < -0.4 is 5.32 Å². The first-order valence-corrected chi connectivity index (χ1v) is 6.12. The third kappa shape index (κ3) is 4.75. The van der Waals surface area contributed by atoms with Crippen LogP contribution in [0.5, 0.6) is 5.75 Å². The second-order valence-corrected chi connectivity index (χ2v) is 4.76. The van der Waals surface area contributed by atoms with Crippen molar-refractivity contribution in [3.05, 3.63) is 29.8 Å². The van der Waals surface area contributed by atoms with Crippen LogP contribution in [0.15, 0.2) is 24.3 Å². The highest BCUT2D eigenvalue weighted by atomic mass is 16.5. The first-order chi connectivity index (χ1) is 8.52. The number of methoxy groups -OCH3 is 1. The number of phenols is 1. The largest absolute Gasteiger partial charge is 0.508 e. The van der Waals surface area contributed by atoms with Gasteiger partial charge in [-0.1, -0.05) is 26.0 Å². The maximum Gasteiger partial charge on any atom is 0.322 e. The van der Waals surface area contributed by atoms with Crippen molar-refractivity contribution in [2.75, 3.05) is 7.11 Å². The lowest BCUT2D eigenvalue weighted by Gasteiger charge is -2.18. The molecule has 0 aromatic heterocycles. The Bertz CT molecular complexity index is 390. The van der Waals surface area contributed by atoms with E-state index in [1.807, 2.05) is 6.07 Å². The standard InChI is InChI=1S/C14H21NO3/c1-10(2)7-13(14(17)18-3)15-9-11-5-4-6-12(16)8-11/h4-6,8,10,13,15-16H,7,9H2,1-3H3. The van der Waals surface area contributed by atoms with Crippen LogP contribution in [0, 0.1) is 5.92 Å². The van der Waals surface area contributed by atoms with E-state index in [1.54, 1.807) is 18.2 Å². The fraction of sp³-hybridized carbons (Fsp3) is 0.500. The second kappa shape index (κ2) is 7.01. The molecule has 4 heteroatoms. The smallest absolute Gasteiger partial charge is 0.322 e. The zero-order valence-corrected chi connectivity index (χ0v) is 11.1. The second-order valence-electron chi connectivity index (χ2n) is 4.76. The maximum atomic E-state index is 11.6. The van der Waals surface area contributed by atoms with Crippen LogP contribution in [0.25, 0.3) is 0 Å². The third-order valence-electron chi connectivity index (χ3n) is 2.66. The fourth-order valence-corrected chi connectivity index (χ4v) is 1.78. The molecule has 0 aliphatic rings. The van der Waals surface area contributed by atoms with Crippen molar-refractivity contribution < 1.29 is 14.6 Å². The van der Waals surface area contributed by atoms with Crippen molar-refractivity contribution >= 4 is 5.97 Å². The van der Waals surface area contributed by atoms with Crippen molar-refractivity contribution in [2.24, 2.45) is 5.92 Å². The molecule has 100 valence electrons. The molecule has 0 bridgehead atoms. The number of nitrogens with one attached hydrogen (secondary N) is 1. The number of hydrogen-bond acceptors (Lipinski definition) is 4. The minimum absolute atomic E-state index is 0.229. The van der Waals surface area contributed by atoms with Gasteiger partial charge in [-0.2, -0.15) is 0 Å². The van der Waals surface area contributed by atoms with Gasteiger partial charge in [-0.15, -0.1) is 0 Å². The van der Waals surface area contributed by atoms with Crippen LogP contribution in [0.2, 0.25) is 0 Å². The predicted octanol–water partition coefficient (Wildman–Crippen LogP) is 2.07. The van der Waals surface area contributed by atoms with Crippen LogP contribution >= 0.6 is 0 Å². The summed E-state index contributed by atoms with van der Waals surface area (Å²) in [5, 5.41) is 12.5. The summed E-state index contributed by atoms with van der Waals surface area (Å²) < 4.78 is 4.77. The van der Waals surface area contributed by atoms with Gasteiger partial charge in [-0.25, -0.2) is 0 Å². The predicted molar refractivity (Wildman–Crippen MR) is 70.2 cm³/mol. The van der Waals surface area contributed by atoms with Crippen LogP contribution in [0.3, 0.4) is 0 Å². The van der Waals surface area contributed by atoms with Crippen molar-refractivity contribution in [3.63, 3.8) is 0 Å². The Balaban J connectivity index is 2.58. The fourth-order valence-electron chi connectivity index (χ4n) is 1.78. The molecular weight excluding hydrogens is 230 g/mol. The molecule has 0 radical (unpaired) electrons. The number of carbonyl (C=O) groups excluding carboxylic acids is 1. The molecule has 0 saturated heterocycles. The Morgan fingerprint density at radius 2 is 2.17 bits per heavy atom. The van der Waals surface area contributed by atoms with Gasteiger partial charge >= 0.3 is 5.97 Å². The van der Waals surface area contributed by atoms with Gasteiger partial charge in [0.15, 0.2) is 0 Å². The van der Waals surface area contributed by atoms with Crippen LogP contribution in [0.4, 0.5) is 0 Å². The van der Waals surface area contributed by atoms with Crippen molar-refractivity contribution in [3.8, 4) is 5.75 Å². The minimum Gasteiger partial charge on any atom is -0.508 e. The Hall–Kier alpha value is -1.55. The van der Waals surface area contributed by atoms with E-state index in [2.05, 4.69) is 19.2 Å². The van der Waals surface area contributed by atoms with E-state index in [9.17, 15) is 9.90 Å². The number of hydrogen-bond donors (Lipinski definition) is 2. The number of benzene rings is 1. The average Bonchev–Trinajstić information content (AvgIpc) is 2.33. The van der Waals surface area contributed by atoms with Crippen LogP contribution in [0.1, 0.15) is 25.8 Å². The van der Waals surface area contributed by atoms with E-state index in [1.165, 1.54) is 7.11 Å². The summed E-state index contributed by atoms with van der Waals surface area (Å²) >= 11 is 0. The summed E-state index contributed by atoms with van der Waals surface area (Å²) in [5.41, 5.74) is 0.938. The average molecular weight is 251 g/mol. The van der Waals surface area contributed by atoms with Gasteiger partial charge in [0, 0.05) is 6.54 Å². The molecule has 0 saturated carbocycles. The first kappa shape index (κ1) is 14.5. The van der Waals surface area contributed by atoms with Gasteiger partial charge in [-0.3, -0.25) is 4.79 Å². The molecule has 1 aromatic rings. The maximum absolute atomic E-state index is 11.6. The van der Waals surface area contributed by atoms with Gasteiger partial charge < -0.3 is 15.2 Å². The van der Waals surface area contributed by atoms with E-state index in [4.69, 9.17) is 4.74 Å². The van der Waals surface area contributed by atoms with Gasteiger partial charge in [-0.05, 0) is 30.0 Å². The molecule has 0 fully saturated rings. The minimum atomic E-state index is -0.308. The Morgan fingerprint density at radius 1 is 1.44 bits per heavy atom. The summed E-state index contributed by atoms with van der Waals surface area (Å²) in [6, 6.07) is 6.67.